The number of piperazine rings is 1. The minimum atomic E-state index is -0.599. The molecule has 0 aromatic heterocycles. The fourth-order valence-corrected chi connectivity index (χ4v) is 4.41. The second-order valence-electron chi connectivity index (χ2n) is 9.99. The molecule has 9 nitrogen and oxygen atoms in total. The van der Waals surface area contributed by atoms with Crippen molar-refractivity contribution in [3.63, 3.8) is 0 Å². The van der Waals surface area contributed by atoms with Crippen LogP contribution in [-0.4, -0.2) is 85.7 Å². The zero-order valence-electron chi connectivity index (χ0n) is 21.8. The molecular formula is C26H39N5O4. The first-order chi connectivity index (χ1) is 16.6. The Hall–Kier alpha value is -3.07. The molecular weight excluding hydrogens is 446 g/mol. The molecule has 0 saturated carbocycles. The number of amides is 4. The van der Waals surface area contributed by atoms with Crippen molar-refractivity contribution in [2.24, 2.45) is 0 Å². The van der Waals surface area contributed by atoms with Crippen LogP contribution in [0.4, 0.5) is 9.59 Å². The molecule has 1 aromatic carbocycles. The number of hydrogen-bond donors (Lipinski definition) is 2. The summed E-state index contributed by atoms with van der Waals surface area (Å²) in [5, 5.41) is 5.82. The molecule has 4 amide bonds. The standard InChI is InChI=1S/C26H39N5O4/c1-7-27-24(33)31-15-13-30(14-16-31)17-20-21(23(32)35-8-2)22(28-25(34)29(20)6)18-9-11-19(12-10-18)26(3,4)5/h9-12,22H,7-8,13-17H2,1-6H3,(H,27,33)(H,28,34). The number of urea groups is 2. The lowest BCUT2D eigenvalue weighted by Gasteiger charge is -2.39. The number of esters is 1. The van der Waals surface area contributed by atoms with Crippen LogP contribution < -0.4 is 10.6 Å². The molecule has 0 aliphatic carbocycles. The Kier molecular flexibility index (Phi) is 8.43. The summed E-state index contributed by atoms with van der Waals surface area (Å²) in [4.78, 5) is 43.7. The lowest BCUT2D eigenvalue weighted by atomic mass is 9.85. The largest absolute Gasteiger partial charge is 0.463 e. The molecule has 2 N–H and O–H groups in total. The molecule has 2 aliphatic heterocycles. The fourth-order valence-electron chi connectivity index (χ4n) is 4.41. The highest BCUT2D eigenvalue weighted by Gasteiger charge is 2.38. The van der Waals surface area contributed by atoms with Crippen LogP contribution in [0.1, 0.15) is 51.8 Å². The highest BCUT2D eigenvalue weighted by Crippen LogP contribution is 2.33. The Labute approximate surface area is 208 Å². The zero-order valence-corrected chi connectivity index (χ0v) is 21.8. The predicted molar refractivity (Wildman–Crippen MR) is 135 cm³/mol. The van der Waals surface area contributed by atoms with Crippen molar-refractivity contribution in [2.75, 3.05) is 52.9 Å². The molecule has 192 valence electrons. The molecule has 1 unspecified atom stereocenters. The summed E-state index contributed by atoms with van der Waals surface area (Å²) >= 11 is 0. The van der Waals surface area contributed by atoms with Gasteiger partial charge < -0.3 is 20.3 Å². The van der Waals surface area contributed by atoms with Crippen LogP contribution in [0.5, 0.6) is 0 Å². The van der Waals surface area contributed by atoms with Crippen molar-refractivity contribution in [3.8, 4) is 0 Å². The number of nitrogens with one attached hydrogen (secondary N) is 2. The van der Waals surface area contributed by atoms with Crippen molar-refractivity contribution in [2.45, 2.75) is 46.1 Å². The Bertz CT molecular complexity index is 959. The number of ether oxygens (including phenoxy) is 1. The number of likely N-dealkylation sites (N-methyl/N-ethyl adjacent to an activating group) is 1. The minimum Gasteiger partial charge on any atom is -0.463 e. The van der Waals surface area contributed by atoms with E-state index in [0.29, 0.717) is 50.5 Å². The Morgan fingerprint density at radius 1 is 1.09 bits per heavy atom. The van der Waals surface area contributed by atoms with Gasteiger partial charge in [-0.2, -0.15) is 0 Å². The maximum Gasteiger partial charge on any atom is 0.338 e. The maximum absolute atomic E-state index is 13.2. The van der Waals surface area contributed by atoms with Gasteiger partial charge in [0.1, 0.15) is 0 Å². The van der Waals surface area contributed by atoms with E-state index in [1.54, 1.807) is 18.9 Å². The van der Waals surface area contributed by atoms with Gasteiger partial charge in [-0.15, -0.1) is 0 Å². The van der Waals surface area contributed by atoms with E-state index in [9.17, 15) is 14.4 Å². The van der Waals surface area contributed by atoms with Crippen LogP contribution in [0.25, 0.3) is 0 Å². The average Bonchev–Trinajstić information content (AvgIpc) is 2.82. The summed E-state index contributed by atoms with van der Waals surface area (Å²) < 4.78 is 5.44. The second kappa shape index (κ2) is 11.1. The molecule has 2 aliphatic rings. The topological polar surface area (TPSA) is 94.2 Å². The van der Waals surface area contributed by atoms with E-state index in [1.165, 1.54) is 10.5 Å². The van der Waals surface area contributed by atoms with Gasteiger partial charge in [-0.1, -0.05) is 45.0 Å². The Morgan fingerprint density at radius 3 is 2.26 bits per heavy atom. The highest BCUT2D eigenvalue weighted by molar-refractivity contribution is 5.95. The summed E-state index contributed by atoms with van der Waals surface area (Å²) in [5.74, 6) is -0.430. The lowest BCUT2D eigenvalue weighted by Crippen LogP contribution is -2.54. The first-order valence-electron chi connectivity index (χ1n) is 12.4. The van der Waals surface area contributed by atoms with E-state index in [-0.39, 0.29) is 24.1 Å². The zero-order chi connectivity index (χ0) is 25.8. The Balaban J connectivity index is 1.91. The van der Waals surface area contributed by atoms with E-state index in [2.05, 4.69) is 36.3 Å². The smallest absolute Gasteiger partial charge is 0.338 e. The monoisotopic (exact) mass is 485 g/mol. The minimum absolute atomic E-state index is 0.00426. The van der Waals surface area contributed by atoms with Crippen molar-refractivity contribution >= 4 is 18.0 Å². The average molecular weight is 486 g/mol. The summed E-state index contributed by atoms with van der Waals surface area (Å²) in [7, 11) is 1.67. The van der Waals surface area contributed by atoms with Crippen molar-refractivity contribution in [1.29, 1.82) is 0 Å². The van der Waals surface area contributed by atoms with Crippen LogP contribution in [0, 0.1) is 0 Å². The van der Waals surface area contributed by atoms with Crippen LogP contribution >= 0.6 is 0 Å². The van der Waals surface area contributed by atoms with E-state index in [0.717, 1.165) is 5.56 Å². The van der Waals surface area contributed by atoms with Gasteiger partial charge in [0.25, 0.3) is 0 Å². The van der Waals surface area contributed by atoms with Crippen LogP contribution in [0.15, 0.2) is 35.5 Å². The molecule has 1 aromatic rings. The third-order valence-electron chi connectivity index (χ3n) is 6.54. The van der Waals surface area contributed by atoms with Gasteiger partial charge in [0.15, 0.2) is 0 Å². The lowest BCUT2D eigenvalue weighted by molar-refractivity contribution is -0.139. The first-order valence-corrected chi connectivity index (χ1v) is 12.4. The second-order valence-corrected chi connectivity index (χ2v) is 9.99. The molecule has 1 saturated heterocycles. The SMILES string of the molecule is CCNC(=O)N1CCN(CC2=C(C(=O)OCC)C(c3ccc(C(C)(C)C)cc3)NC(=O)N2C)CC1. The third kappa shape index (κ3) is 6.14. The molecule has 1 atom stereocenters. The molecule has 9 heteroatoms. The molecule has 2 heterocycles. The van der Waals surface area contributed by atoms with Gasteiger partial charge in [-0.25, -0.2) is 14.4 Å². The molecule has 3 rings (SSSR count). The van der Waals surface area contributed by atoms with E-state index < -0.39 is 12.0 Å². The fraction of sp³-hybridized carbons (Fsp3) is 0.577. The van der Waals surface area contributed by atoms with E-state index in [4.69, 9.17) is 4.74 Å². The molecule has 0 radical (unpaired) electrons. The molecule has 0 spiro atoms. The van der Waals surface area contributed by atoms with Gasteiger partial charge in [0.05, 0.1) is 18.2 Å². The van der Waals surface area contributed by atoms with Crippen LogP contribution in [0.2, 0.25) is 0 Å². The van der Waals surface area contributed by atoms with Crippen LogP contribution in [0.3, 0.4) is 0 Å². The van der Waals surface area contributed by atoms with Crippen molar-refractivity contribution in [3.05, 3.63) is 46.7 Å². The number of benzene rings is 1. The maximum atomic E-state index is 13.2. The summed E-state index contributed by atoms with van der Waals surface area (Å²) in [6, 6.07) is 7.10. The third-order valence-corrected chi connectivity index (χ3v) is 6.54. The number of hydrogen-bond acceptors (Lipinski definition) is 5. The summed E-state index contributed by atoms with van der Waals surface area (Å²) in [5.41, 5.74) is 3.08. The highest BCUT2D eigenvalue weighted by atomic mass is 16.5. The summed E-state index contributed by atoms with van der Waals surface area (Å²) in [6.07, 6.45) is 0. The van der Waals surface area contributed by atoms with Gasteiger partial charge >= 0.3 is 18.0 Å². The molecule has 1 fully saturated rings. The molecule has 0 bridgehead atoms. The van der Waals surface area contributed by atoms with E-state index in [1.807, 2.05) is 31.2 Å². The van der Waals surface area contributed by atoms with Crippen molar-refractivity contribution in [1.82, 2.24) is 25.3 Å². The van der Waals surface area contributed by atoms with Gasteiger partial charge in [0.2, 0.25) is 0 Å². The number of rotatable bonds is 6. The normalized spacial score (nSPS) is 19.5. The van der Waals surface area contributed by atoms with E-state index >= 15 is 0 Å². The number of nitrogens with zero attached hydrogens (tertiary/aromatic N) is 3. The van der Waals surface area contributed by atoms with Gasteiger partial charge in [0, 0.05) is 52.0 Å². The Morgan fingerprint density at radius 2 is 1.71 bits per heavy atom. The van der Waals surface area contributed by atoms with Crippen molar-refractivity contribution < 1.29 is 19.1 Å². The number of carbonyl (C=O) groups excluding carboxylic acids is 3. The van der Waals surface area contributed by atoms with Gasteiger partial charge in [-0.05, 0) is 30.4 Å². The number of carbonyl (C=O) groups is 3. The summed E-state index contributed by atoms with van der Waals surface area (Å²) in [6.45, 7) is 13.8. The first kappa shape index (κ1) is 26.5. The molecule has 35 heavy (non-hydrogen) atoms. The van der Waals surface area contributed by atoms with Crippen LogP contribution in [-0.2, 0) is 14.9 Å². The quantitative estimate of drug-likeness (QED) is 0.605. The van der Waals surface area contributed by atoms with Gasteiger partial charge in [-0.3, -0.25) is 9.80 Å². The predicted octanol–water partition coefficient (Wildman–Crippen LogP) is 2.84.